The second-order valence-electron chi connectivity index (χ2n) is 7.01. The van der Waals surface area contributed by atoms with Crippen LogP contribution in [0, 0.1) is 6.92 Å². The van der Waals surface area contributed by atoms with Gasteiger partial charge in [0.05, 0.1) is 10.6 Å². The molecular formula is C23H18N6OS. The summed E-state index contributed by atoms with van der Waals surface area (Å²) in [5.41, 5.74) is 3.99. The third-order valence-electron chi connectivity index (χ3n) is 4.80. The highest BCUT2D eigenvalue weighted by Crippen LogP contribution is 2.34. The molecule has 1 N–H and O–H groups in total. The van der Waals surface area contributed by atoms with Crippen molar-refractivity contribution in [3.63, 3.8) is 0 Å². The minimum atomic E-state index is -0.412. The van der Waals surface area contributed by atoms with Gasteiger partial charge >= 0.3 is 0 Å². The van der Waals surface area contributed by atoms with Gasteiger partial charge in [0.15, 0.2) is 5.13 Å². The first-order chi connectivity index (χ1) is 15.2. The largest absolute Gasteiger partial charge is 0.297 e. The first-order valence-corrected chi connectivity index (χ1v) is 10.6. The molecule has 0 atom stereocenters. The molecule has 0 unspecified atom stereocenters. The molecule has 152 valence electrons. The van der Waals surface area contributed by atoms with Gasteiger partial charge in [-0.25, -0.2) is 14.5 Å². The maximum atomic E-state index is 12.8. The molecule has 0 spiro atoms. The molecule has 0 bridgehead atoms. The van der Waals surface area contributed by atoms with Gasteiger partial charge in [-0.15, -0.1) is 5.10 Å². The summed E-state index contributed by atoms with van der Waals surface area (Å²) in [5, 5.41) is 7.64. The first-order valence-electron chi connectivity index (χ1n) is 9.76. The topological polar surface area (TPSA) is 85.1 Å². The lowest BCUT2D eigenvalue weighted by Crippen LogP contribution is -2.14. The highest BCUT2D eigenvalue weighted by atomic mass is 32.1. The Morgan fingerprint density at radius 1 is 1.00 bits per heavy atom. The lowest BCUT2D eigenvalue weighted by molar-refractivity contribution is 0.101. The second-order valence-corrected chi connectivity index (χ2v) is 8.01. The van der Waals surface area contributed by atoms with Gasteiger partial charge < -0.3 is 0 Å². The van der Waals surface area contributed by atoms with Gasteiger partial charge in [-0.1, -0.05) is 72.0 Å². The molecule has 5 rings (SSSR count). The Balaban J connectivity index is 1.47. The maximum absolute atomic E-state index is 12.8. The van der Waals surface area contributed by atoms with Crippen LogP contribution in [-0.2, 0) is 6.42 Å². The van der Waals surface area contributed by atoms with Crippen LogP contribution < -0.4 is 5.32 Å². The summed E-state index contributed by atoms with van der Waals surface area (Å²) in [6.07, 6.45) is 2.32. The predicted molar refractivity (Wildman–Crippen MR) is 120 cm³/mol. The van der Waals surface area contributed by atoms with Crippen LogP contribution in [0.4, 0.5) is 5.13 Å². The molecule has 0 saturated carbocycles. The van der Waals surface area contributed by atoms with E-state index in [9.17, 15) is 4.79 Å². The number of carbonyl (C=O) groups excluding carboxylic acids is 1. The Labute approximate surface area is 182 Å². The fraction of sp³-hybridized carbons (Fsp3) is 0.0870. The van der Waals surface area contributed by atoms with E-state index < -0.39 is 5.91 Å². The maximum Gasteiger partial charge on any atom is 0.297 e. The number of rotatable bonds is 5. The predicted octanol–water partition coefficient (Wildman–Crippen LogP) is 4.40. The molecule has 8 heteroatoms. The zero-order valence-electron chi connectivity index (χ0n) is 16.7. The zero-order valence-corrected chi connectivity index (χ0v) is 17.5. The molecule has 0 aliphatic heterocycles. The molecule has 5 aromatic rings. The van der Waals surface area contributed by atoms with E-state index in [1.54, 1.807) is 10.7 Å². The van der Waals surface area contributed by atoms with Gasteiger partial charge in [0.25, 0.3) is 11.7 Å². The van der Waals surface area contributed by atoms with Crippen molar-refractivity contribution in [2.75, 3.05) is 5.32 Å². The van der Waals surface area contributed by atoms with Crippen molar-refractivity contribution in [1.29, 1.82) is 0 Å². The summed E-state index contributed by atoms with van der Waals surface area (Å²) < 4.78 is 1.55. The standard InChI is InChI=1S/C23H18N6OS/c1-15-12-13-24-22-26-20(28-29(15)22)21(30)27-23-25-18(14-16-8-4-2-5-9-16)19(31-23)17-10-6-3-7-11-17/h2-13H,14H2,1H3,(H,25,27,30). The smallest absolute Gasteiger partial charge is 0.295 e. The summed E-state index contributed by atoms with van der Waals surface area (Å²) in [6.45, 7) is 1.88. The normalized spacial score (nSPS) is 11.0. The van der Waals surface area contributed by atoms with Gasteiger partial charge in [0.2, 0.25) is 5.82 Å². The number of hydrogen-bond donors (Lipinski definition) is 1. The van der Waals surface area contributed by atoms with Crippen molar-refractivity contribution in [1.82, 2.24) is 24.6 Å². The lowest BCUT2D eigenvalue weighted by Gasteiger charge is -2.02. The van der Waals surface area contributed by atoms with E-state index in [0.29, 0.717) is 17.3 Å². The molecule has 3 heterocycles. The molecule has 1 amide bonds. The fourth-order valence-corrected chi connectivity index (χ4v) is 4.27. The molecule has 0 aliphatic rings. The summed E-state index contributed by atoms with van der Waals surface area (Å²) in [7, 11) is 0. The summed E-state index contributed by atoms with van der Waals surface area (Å²) in [6, 6.07) is 22.0. The Kier molecular flexibility index (Phi) is 4.97. The molecule has 7 nitrogen and oxygen atoms in total. The number of benzene rings is 2. The van der Waals surface area contributed by atoms with Gasteiger partial charge in [-0.05, 0) is 24.1 Å². The van der Waals surface area contributed by atoms with Crippen LogP contribution in [0.3, 0.4) is 0 Å². The Morgan fingerprint density at radius 2 is 1.74 bits per heavy atom. The van der Waals surface area contributed by atoms with Crippen LogP contribution in [-0.4, -0.2) is 30.5 Å². The third kappa shape index (κ3) is 3.93. The van der Waals surface area contributed by atoms with E-state index in [1.807, 2.05) is 61.5 Å². The number of anilines is 1. The number of aromatic nitrogens is 5. The van der Waals surface area contributed by atoms with Gasteiger partial charge in [-0.2, -0.15) is 4.98 Å². The SMILES string of the molecule is Cc1ccnc2nc(C(=O)Nc3nc(Cc4ccccc4)c(-c4ccccc4)s3)nn12. The Hall–Kier alpha value is -3.91. The van der Waals surface area contributed by atoms with E-state index in [2.05, 4.69) is 32.5 Å². The minimum absolute atomic E-state index is 0.0582. The van der Waals surface area contributed by atoms with Crippen LogP contribution in [0.1, 0.15) is 27.6 Å². The highest BCUT2D eigenvalue weighted by molar-refractivity contribution is 7.19. The molecule has 0 saturated heterocycles. The van der Waals surface area contributed by atoms with Gasteiger partial charge in [0, 0.05) is 18.3 Å². The summed E-state index contributed by atoms with van der Waals surface area (Å²) in [5.74, 6) is 0.0337. The average molecular weight is 427 g/mol. The van der Waals surface area contributed by atoms with E-state index in [4.69, 9.17) is 4.98 Å². The molecular weight excluding hydrogens is 408 g/mol. The monoisotopic (exact) mass is 426 g/mol. The number of hydrogen-bond acceptors (Lipinski definition) is 6. The number of nitrogens with one attached hydrogen (secondary N) is 1. The van der Waals surface area contributed by atoms with Crippen molar-refractivity contribution >= 4 is 28.2 Å². The van der Waals surface area contributed by atoms with Crippen molar-refractivity contribution in [2.45, 2.75) is 13.3 Å². The molecule has 31 heavy (non-hydrogen) atoms. The number of nitrogens with zero attached hydrogens (tertiary/aromatic N) is 5. The van der Waals surface area contributed by atoms with E-state index in [0.717, 1.165) is 27.4 Å². The Morgan fingerprint density at radius 3 is 2.48 bits per heavy atom. The van der Waals surface area contributed by atoms with Crippen molar-refractivity contribution in [2.24, 2.45) is 0 Å². The van der Waals surface area contributed by atoms with Crippen LogP contribution in [0.25, 0.3) is 16.2 Å². The molecule has 0 radical (unpaired) electrons. The third-order valence-corrected chi connectivity index (χ3v) is 5.86. The molecule has 3 aromatic heterocycles. The molecule has 2 aromatic carbocycles. The molecule has 0 aliphatic carbocycles. The Bertz CT molecular complexity index is 1360. The van der Waals surface area contributed by atoms with Crippen LogP contribution in [0.15, 0.2) is 72.9 Å². The number of fused-ring (bicyclic) bond motifs is 1. The zero-order chi connectivity index (χ0) is 21.2. The van der Waals surface area contributed by atoms with E-state index in [-0.39, 0.29) is 5.82 Å². The summed E-state index contributed by atoms with van der Waals surface area (Å²) in [4.78, 5) is 26.9. The van der Waals surface area contributed by atoms with E-state index in [1.165, 1.54) is 11.3 Å². The van der Waals surface area contributed by atoms with Gasteiger partial charge in [0.1, 0.15) is 0 Å². The van der Waals surface area contributed by atoms with Crippen LogP contribution in [0.5, 0.6) is 0 Å². The fourth-order valence-electron chi connectivity index (χ4n) is 3.28. The lowest BCUT2D eigenvalue weighted by atomic mass is 10.1. The summed E-state index contributed by atoms with van der Waals surface area (Å²) >= 11 is 1.44. The van der Waals surface area contributed by atoms with Crippen molar-refractivity contribution in [3.05, 3.63) is 95.7 Å². The number of thiazole rings is 1. The number of amides is 1. The average Bonchev–Trinajstić information content (AvgIpc) is 3.40. The molecule has 0 fully saturated rings. The van der Waals surface area contributed by atoms with Gasteiger partial charge in [-0.3, -0.25) is 10.1 Å². The first kappa shape index (κ1) is 19.1. The minimum Gasteiger partial charge on any atom is -0.295 e. The van der Waals surface area contributed by atoms with E-state index >= 15 is 0 Å². The number of carbonyl (C=O) groups is 1. The number of aryl methyl sites for hydroxylation is 1. The van der Waals surface area contributed by atoms with Crippen molar-refractivity contribution < 1.29 is 4.79 Å². The second kappa shape index (κ2) is 8.08. The van der Waals surface area contributed by atoms with Crippen LogP contribution >= 0.6 is 11.3 Å². The van der Waals surface area contributed by atoms with Crippen LogP contribution in [0.2, 0.25) is 0 Å². The van der Waals surface area contributed by atoms with Crippen molar-refractivity contribution in [3.8, 4) is 10.4 Å². The highest BCUT2D eigenvalue weighted by Gasteiger charge is 2.19. The quantitative estimate of drug-likeness (QED) is 0.450.